The predicted molar refractivity (Wildman–Crippen MR) is 224 cm³/mol. The first kappa shape index (κ1) is 35.8. The highest BCUT2D eigenvalue weighted by atomic mass is 28.4. The zero-order valence-corrected chi connectivity index (χ0v) is 32.0. The molecule has 52 heavy (non-hydrogen) atoms. The second-order valence-electron chi connectivity index (χ2n) is 14.2. The zero-order valence-electron chi connectivity index (χ0n) is 30.0. The molecule has 0 saturated heterocycles. The molecule has 0 spiro atoms. The van der Waals surface area contributed by atoms with E-state index in [9.17, 15) is 5.11 Å². The minimum atomic E-state index is -2.88. The smallest absolute Gasteiger partial charge is 0.288 e. The highest BCUT2D eigenvalue weighted by Gasteiger charge is 2.42. The third kappa shape index (κ3) is 7.62. The molecule has 0 aromatic heterocycles. The number of aliphatic hydroxyl groups excluding tert-OH is 1. The minimum absolute atomic E-state index is 0.0554. The molecule has 1 N–H and O–H groups in total. The van der Waals surface area contributed by atoms with Crippen LogP contribution in [0.2, 0.25) is 0 Å². The van der Waals surface area contributed by atoms with Crippen LogP contribution in [0.5, 0.6) is 0 Å². The van der Waals surface area contributed by atoms with Crippen molar-refractivity contribution < 1.29 is 9.53 Å². The molecule has 262 valence electrons. The van der Waals surface area contributed by atoms with Crippen molar-refractivity contribution in [3.63, 3.8) is 0 Å². The van der Waals surface area contributed by atoms with E-state index in [4.69, 9.17) is 4.43 Å². The fourth-order valence-electron chi connectivity index (χ4n) is 8.48. The fourth-order valence-corrected chi connectivity index (χ4v) is 16.7. The summed E-state index contributed by atoms with van der Waals surface area (Å²) in [7, 11) is -5.52. The van der Waals surface area contributed by atoms with Gasteiger partial charge in [-0.25, -0.2) is 0 Å². The van der Waals surface area contributed by atoms with Gasteiger partial charge >= 0.3 is 0 Å². The molecule has 1 saturated carbocycles. The molecular formula is C48H50O2Si2. The summed E-state index contributed by atoms with van der Waals surface area (Å²) in [5, 5.41) is 20.1. The lowest BCUT2D eigenvalue weighted by Crippen LogP contribution is -2.69. The summed E-state index contributed by atoms with van der Waals surface area (Å²) in [6.07, 6.45) is 8.52. The number of aliphatic hydroxyl groups is 1. The van der Waals surface area contributed by atoms with Gasteiger partial charge in [0.05, 0.1) is 6.10 Å². The lowest BCUT2D eigenvalue weighted by atomic mass is 9.79. The van der Waals surface area contributed by atoms with Crippen molar-refractivity contribution >= 4 is 47.5 Å². The maximum Gasteiger partial charge on any atom is 0.288 e. The lowest BCUT2D eigenvalue weighted by Gasteiger charge is -2.36. The van der Waals surface area contributed by atoms with Crippen LogP contribution >= 0.6 is 0 Å². The van der Waals surface area contributed by atoms with Crippen molar-refractivity contribution in [1.82, 2.24) is 0 Å². The van der Waals surface area contributed by atoms with E-state index in [0.717, 1.165) is 19.3 Å². The van der Waals surface area contributed by atoms with E-state index in [1.54, 1.807) is 0 Å². The molecule has 0 radical (unpaired) electrons. The molecule has 6 aromatic carbocycles. The van der Waals surface area contributed by atoms with E-state index in [0.29, 0.717) is 12.5 Å². The maximum absolute atomic E-state index is 12.3. The van der Waals surface area contributed by atoms with Gasteiger partial charge in [0, 0.05) is 12.5 Å². The van der Waals surface area contributed by atoms with Gasteiger partial charge in [-0.2, -0.15) is 0 Å². The van der Waals surface area contributed by atoms with Gasteiger partial charge in [0.25, 0.3) is 8.32 Å². The number of hydrogen-bond acceptors (Lipinski definition) is 2. The van der Waals surface area contributed by atoms with Gasteiger partial charge in [-0.3, -0.25) is 0 Å². The average molecular weight is 715 g/mol. The standard InChI is InChI=1S/C48H50O2Si2/c49-48(40-22-8-1-9-23-40)41(37-39-51(42-24-10-2-11-25-42,43-26-12-3-13-27-43)44-28-14-4-15-29-44)36-38-50-52(45-30-16-5-17-31-45,46-32-18-6-19-33-46)47-34-20-7-21-35-47/h2-7,10-21,24-35,37,39-41,48-49H,1,8-9,22-23,36,38H2/b39-37+. The minimum Gasteiger partial charge on any atom is -0.404 e. The molecule has 1 fully saturated rings. The summed E-state index contributed by atoms with van der Waals surface area (Å²) in [5.74, 6) is 0.240. The summed E-state index contributed by atoms with van der Waals surface area (Å²) in [5.41, 5.74) is 2.53. The quantitative estimate of drug-likeness (QED) is 0.0985. The first-order chi connectivity index (χ1) is 25.7. The van der Waals surface area contributed by atoms with E-state index in [-0.39, 0.29) is 5.92 Å². The normalized spacial score (nSPS) is 15.3. The second kappa shape index (κ2) is 17.3. The molecule has 1 aliphatic rings. The Bertz CT molecular complexity index is 1750. The van der Waals surface area contributed by atoms with Gasteiger partial charge in [-0.15, -0.1) is 0 Å². The molecule has 0 aliphatic heterocycles. The van der Waals surface area contributed by atoms with Crippen LogP contribution in [-0.4, -0.2) is 34.2 Å². The van der Waals surface area contributed by atoms with E-state index in [1.807, 2.05) is 0 Å². The van der Waals surface area contributed by atoms with E-state index in [1.165, 1.54) is 50.4 Å². The van der Waals surface area contributed by atoms with E-state index >= 15 is 0 Å². The van der Waals surface area contributed by atoms with Crippen LogP contribution in [0.4, 0.5) is 0 Å². The number of hydrogen-bond donors (Lipinski definition) is 1. The molecule has 0 bridgehead atoms. The maximum atomic E-state index is 12.3. The number of benzene rings is 6. The van der Waals surface area contributed by atoms with Gasteiger partial charge < -0.3 is 9.53 Å². The topological polar surface area (TPSA) is 29.5 Å². The van der Waals surface area contributed by atoms with Crippen LogP contribution < -0.4 is 31.1 Å². The highest BCUT2D eigenvalue weighted by Crippen LogP contribution is 2.32. The Morgan fingerprint density at radius 3 is 1.21 bits per heavy atom. The van der Waals surface area contributed by atoms with Gasteiger partial charge in [0.1, 0.15) is 0 Å². The van der Waals surface area contributed by atoms with Crippen molar-refractivity contribution in [3.05, 3.63) is 194 Å². The van der Waals surface area contributed by atoms with Crippen LogP contribution in [0, 0.1) is 11.8 Å². The molecular weight excluding hydrogens is 665 g/mol. The molecule has 0 heterocycles. The molecule has 6 aromatic rings. The molecule has 2 nitrogen and oxygen atoms in total. The van der Waals surface area contributed by atoms with Crippen LogP contribution in [0.1, 0.15) is 38.5 Å². The van der Waals surface area contributed by atoms with Gasteiger partial charge in [-0.05, 0) is 56.3 Å². The molecule has 2 unspecified atom stereocenters. The SMILES string of the molecule is OC(C(/C=C/[Si](c1ccccc1)(c1ccccc1)c1ccccc1)CCO[Si](c1ccccc1)(c1ccccc1)c1ccccc1)C1CCCCC1. The summed E-state index contributed by atoms with van der Waals surface area (Å²) >= 11 is 0. The summed E-state index contributed by atoms with van der Waals surface area (Å²) in [4.78, 5) is 0. The van der Waals surface area contributed by atoms with Crippen LogP contribution in [0.3, 0.4) is 0 Å². The monoisotopic (exact) mass is 714 g/mol. The third-order valence-corrected chi connectivity index (χ3v) is 19.7. The Balaban J connectivity index is 1.31. The summed E-state index contributed by atoms with van der Waals surface area (Å²) in [6, 6.07) is 65.6. The molecule has 7 rings (SSSR count). The van der Waals surface area contributed by atoms with Gasteiger partial charge in [0.15, 0.2) is 8.07 Å². The van der Waals surface area contributed by atoms with Crippen LogP contribution in [-0.2, 0) is 4.43 Å². The average Bonchev–Trinajstić information content (AvgIpc) is 3.24. The van der Waals surface area contributed by atoms with Crippen molar-refractivity contribution in [1.29, 1.82) is 0 Å². The summed E-state index contributed by atoms with van der Waals surface area (Å²) < 4.78 is 7.45. The van der Waals surface area contributed by atoms with E-state index < -0.39 is 22.5 Å². The Morgan fingerprint density at radius 2 is 0.846 bits per heavy atom. The fraction of sp³-hybridized carbons (Fsp3) is 0.208. The van der Waals surface area contributed by atoms with Crippen molar-refractivity contribution in [2.45, 2.75) is 44.6 Å². The molecule has 0 amide bonds. The van der Waals surface area contributed by atoms with Gasteiger partial charge in [-0.1, -0.05) is 213 Å². The second-order valence-corrected chi connectivity index (χ2v) is 21.3. The molecule has 2 atom stereocenters. The van der Waals surface area contributed by atoms with Crippen molar-refractivity contribution in [3.8, 4) is 0 Å². The summed E-state index contributed by atoms with van der Waals surface area (Å²) in [6.45, 7) is 0.542. The Morgan fingerprint density at radius 1 is 0.500 bits per heavy atom. The Hall–Kier alpha value is -4.59. The largest absolute Gasteiger partial charge is 0.404 e. The number of rotatable bonds is 14. The highest BCUT2D eigenvalue weighted by molar-refractivity contribution is 7.14. The Kier molecular flexibility index (Phi) is 11.9. The van der Waals surface area contributed by atoms with Crippen LogP contribution in [0.25, 0.3) is 0 Å². The first-order valence-corrected chi connectivity index (χ1v) is 23.0. The van der Waals surface area contributed by atoms with Crippen LogP contribution in [0.15, 0.2) is 194 Å². The molecule has 4 heteroatoms. The van der Waals surface area contributed by atoms with E-state index in [2.05, 4.69) is 194 Å². The van der Waals surface area contributed by atoms with Gasteiger partial charge in [0.2, 0.25) is 0 Å². The first-order valence-electron chi connectivity index (χ1n) is 19.1. The zero-order chi connectivity index (χ0) is 35.5. The third-order valence-electron chi connectivity index (χ3n) is 11.2. The predicted octanol–water partition coefficient (Wildman–Crippen LogP) is 6.88. The Labute approximate surface area is 312 Å². The lowest BCUT2D eigenvalue weighted by molar-refractivity contribution is 0.0421. The molecule has 1 aliphatic carbocycles. The van der Waals surface area contributed by atoms with Crippen molar-refractivity contribution in [2.24, 2.45) is 11.8 Å². The van der Waals surface area contributed by atoms with Crippen molar-refractivity contribution in [2.75, 3.05) is 6.61 Å².